The van der Waals surface area contributed by atoms with Gasteiger partial charge in [-0.15, -0.1) is 0 Å². The summed E-state index contributed by atoms with van der Waals surface area (Å²) >= 11 is 0. The lowest BCUT2D eigenvalue weighted by atomic mass is 9.94. The topological polar surface area (TPSA) is 80.2 Å². The zero-order valence-corrected chi connectivity index (χ0v) is 18.3. The van der Waals surface area contributed by atoms with Crippen molar-refractivity contribution in [2.75, 3.05) is 32.1 Å². The number of esters is 1. The Morgan fingerprint density at radius 2 is 1.77 bits per heavy atom. The maximum absolute atomic E-state index is 12.8. The quantitative estimate of drug-likeness (QED) is 0.657. The normalized spacial score (nSPS) is 17.4. The van der Waals surface area contributed by atoms with Crippen LogP contribution in [0.2, 0.25) is 0 Å². The SMILES string of the molecule is CCN(CC)C(=O)c1cccc(NC(=O)C[NH+]2Cc3ccccc3C[C@H]2C(=O)OC)c1. The molecule has 3 rings (SSSR count). The van der Waals surface area contributed by atoms with Gasteiger partial charge in [-0.1, -0.05) is 30.3 Å². The lowest BCUT2D eigenvalue weighted by molar-refractivity contribution is -0.924. The van der Waals surface area contributed by atoms with Crippen LogP contribution in [0.15, 0.2) is 48.5 Å². The number of nitrogens with one attached hydrogen (secondary N) is 2. The Morgan fingerprint density at radius 1 is 1.06 bits per heavy atom. The largest absolute Gasteiger partial charge is 0.465 e. The standard InChI is InChI=1S/C24H29N3O4/c1-4-26(5-2)23(29)18-11-8-12-20(13-18)25-22(28)16-27-15-19-10-7-6-9-17(19)14-21(27)24(30)31-3/h6-13,21H,4-5,14-16H2,1-3H3,(H,25,28)/p+1/t21-/m0/s1. The molecule has 0 spiro atoms. The summed E-state index contributed by atoms with van der Waals surface area (Å²) in [5.74, 6) is -0.593. The Labute approximate surface area is 183 Å². The summed E-state index contributed by atoms with van der Waals surface area (Å²) in [4.78, 5) is 40.3. The predicted octanol–water partition coefficient (Wildman–Crippen LogP) is 1.29. The van der Waals surface area contributed by atoms with E-state index in [0.29, 0.717) is 37.3 Å². The number of ether oxygens (including phenoxy) is 1. The first-order valence-electron chi connectivity index (χ1n) is 10.6. The van der Waals surface area contributed by atoms with Crippen LogP contribution in [0.1, 0.15) is 35.3 Å². The first-order chi connectivity index (χ1) is 15.0. The van der Waals surface area contributed by atoms with Gasteiger partial charge in [0, 0.05) is 36.3 Å². The van der Waals surface area contributed by atoms with Crippen molar-refractivity contribution < 1.29 is 24.0 Å². The third-order valence-corrected chi connectivity index (χ3v) is 5.77. The zero-order chi connectivity index (χ0) is 22.4. The van der Waals surface area contributed by atoms with E-state index < -0.39 is 6.04 Å². The van der Waals surface area contributed by atoms with Crippen LogP contribution < -0.4 is 10.2 Å². The number of hydrogen-bond acceptors (Lipinski definition) is 4. The van der Waals surface area contributed by atoms with Crippen LogP contribution in [0.3, 0.4) is 0 Å². The van der Waals surface area contributed by atoms with Crippen molar-refractivity contribution in [3.05, 3.63) is 65.2 Å². The van der Waals surface area contributed by atoms with Crippen molar-refractivity contribution >= 4 is 23.5 Å². The summed E-state index contributed by atoms with van der Waals surface area (Å²) in [6.45, 7) is 5.82. The van der Waals surface area contributed by atoms with E-state index in [4.69, 9.17) is 4.74 Å². The molecule has 2 N–H and O–H groups in total. The highest BCUT2D eigenvalue weighted by Crippen LogP contribution is 2.15. The van der Waals surface area contributed by atoms with Crippen LogP contribution >= 0.6 is 0 Å². The molecule has 7 heteroatoms. The van der Waals surface area contributed by atoms with Crippen LogP contribution in [0.4, 0.5) is 5.69 Å². The van der Waals surface area contributed by atoms with E-state index in [9.17, 15) is 14.4 Å². The number of carbonyl (C=O) groups excluding carboxylic acids is 3. The van der Waals surface area contributed by atoms with Gasteiger partial charge in [-0.2, -0.15) is 0 Å². The van der Waals surface area contributed by atoms with Gasteiger partial charge in [0.2, 0.25) is 0 Å². The van der Waals surface area contributed by atoms with Gasteiger partial charge in [0.05, 0.1) is 7.11 Å². The predicted molar refractivity (Wildman–Crippen MR) is 118 cm³/mol. The molecule has 1 unspecified atom stereocenters. The Hall–Kier alpha value is -3.19. The number of nitrogens with zero attached hydrogens (tertiary/aromatic N) is 1. The minimum absolute atomic E-state index is 0.0647. The third-order valence-electron chi connectivity index (χ3n) is 5.77. The second kappa shape index (κ2) is 10.2. The fourth-order valence-electron chi connectivity index (χ4n) is 4.07. The lowest BCUT2D eigenvalue weighted by Gasteiger charge is -2.31. The van der Waals surface area contributed by atoms with E-state index in [2.05, 4.69) is 5.32 Å². The summed E-state index contributed by atoms with van der Waals surface area (Å²) in [7, 11) is 1.37. The van der Waals surface area contributed by atoms with E-state index in [0.717, 1.165) is 16.0 Å². The van der Waals surface area contributed by atoms with E-state index in [1.165, 1.54) is 7.11 Å². The maximum Gasteiger partial charge on any atom is 0.365 e. The highest BCUT2D eigenvalue weighted by Gasteiger charge is 2.37. The molecule has 2 aromatic carbocycles. The van der Waals surface area contributed by atoms with Crippen LogP contribution in [0, 0.1) is 0 Å². The van der Waals surface area contributed by atoms with Crippen molar-refractivity contribution in [3.63, 3.8) is 0 Å². The van der Waals surface area contributed by atoms with Gasteiger partial charge in [-0.25, -0.2) is 4.79 Å². The Morgan fingerprint density at radius 3 is 2.45 bits per heavy atom. The van der Waals surface area contributed by atoms with Crippen LogP contribution in [0.25, 0.3) is 0 Å². The molecule has 0 saturated carbocycles. The van der Waals surface area contributed by atoms with Gasteiger partial charge in [0.15, 0.2) is 12.6 Å². The molecule has 2 aromatic rings. The molecule has 1 aliphatic rings. The van der Waals surface area contributed by atoms with Gasteiger partial charge in [0.1, 0.15) is 6.54 Å². The van der Waals surface area contributed by atoms with Crippen molar-refractivity contribution in [3.8, 4) is 0 Å². The second-order valence-corrected chi connectivity index (χ2v) is 7.67. The van der Waals surface area contributed by atoms with Crippen molar-refractivity contribution in [2.45, 2.75) is 32.9 Å². The minimum Gasteiger partial charge on any atom is -0.465 e. The molecule has 0 bridgehead atoms. The Balaban J connectivity index is 1.71. The number of fused-ring (bicyclic) bond motifs is 1. The van der Waals surface area contributed by atoms with Gasteiger partial charge in [-0.3, -0.25) is 9.59 Å². The van der Waals surface area contributed by atoms with Gasteiger partial charge in [0.25, 0.3) is 11.8 Å². The summed E-state index contributed by atoms with van der Waals surface area (Å²) in [5.41, 5.74) is 3.35. The molecule has 2 amide bonds. The summed E-state index contributed by atoms with van der Waals surface area (Å²) < 4.78 is 4.99. The van der Waals surface area contributed by atoms with E-state index >= 15 is 0 Å². The number of rotatable bonds is 7. The Kier molecular flexibility index (Phi) is 7.41. The van der Waals surface area contributed by atoms with E-state index in [1.54, 1.807) is 29.2 Å². The lowest BCUT2D eigenvalue weighted by Crippen LogP contribution is -3.17. The highest BCUT2D eigenvalue weighted by atomic mass is 16.5. The number of quaternary nitrogens is 1. The highest BCUT2D eigenvalue weighted by molar-refractivity contribution is 5.97. The first-order valence-corrected chi connectivity index (χ1v) is 10.6. The number of hydrogen-bond donors (Lipinski definition) is 2. The monoisotopic (exact) mass is 424 g/mol. The van der Waals surface area contributed by atoms with Gasteiger partial charge in [-0.05, 0) is 37.6 Å². The molecule has 1 heterocycles. The zero-order valence-electron chi connectivity index (χ0n) is 18.3. The van der Waals surface area contributed by atoms with Crippen molar-refractivity contribution in [2.24, 2.45) is 0 Å². The number of anilines is 1. The van der Waals surface area contributed by atoms with Gasteiger partial charge < -0.3 is 19.9 Å². The number of carbonyl (C=O) groups is 3. The maximum atomic E-state index is 12.8. The summed E-state index contributed by atoms with van der Waals surface area (Å²) in [6, 6.07) is 14.5. The molecule has 0 aromatic heterocycles. The van der Waals surface area contributed by atoms with Crippen molar-refractivity contribution in [1.29, 1.82) is 0 Å². The Bertz CT molecular complexity index is 955. The minimum atomic E-state index is -0.429. The van der Waals surface area contributed by atoms with Crippen LogP contribution in [0.5, 0.6) is 0 Å². The van der Waals surface area contributed by atoms with E-state index in [-0.39, 0.29) is 24.3 Å². The molecule has 31 heavy (non-hydrogen) atoms. The van der Waals surface area contributed by atoms with E-state index in [1.807, 2.05) is 38.1 Å². The van der Waals surface area contributed by atoms with Gasteiger partial charge >= 0.3 is 5.97 Å². The molecule has 0 aliphatic carbocycles. The molecule has 2 atom stereocenters. The fraction of sp³-hybridized carbons (Fsp3) is 0.375. The number of amides is 2. The average molecular weight is 425 g/mol. The molecule has 164 valence electrons. The smallest absolute Gasteiger partial charge is 0.365 e. The molecular formula is C24H30N3O4+. The summed E-state index contributed by atoms with van der Waals surface area (Å²) in [5, 5.41) is 2.88. The molecule has 0 saturated heterocycles. The molecule has 7 nitrogen and oxygen atoms in total. The molecule has 1 aliphatic heterocycles. The first kappa shape index (κ1) is 22.5. The second-order valence-electron chi connectivity index (χ2n) is 7.67. The molecule has 0 radical (unpaired) electrons. The fourth-order valence-corrected chi connectivity index (χ4v) is 4.07. The van der Waals surface area contributed by atoms with Crippen LogP contribution in [-0.4, -0.2) is 55.5 Å². The molecule has 0 fully saturated rings. The number of methoxy groups -OCH3 is 1. The summed E-state index contributed by atoms with van der Waals surface area (Å²) in [6.07, 6.45) is 0.541. The van der Waals surface area contributed by atoms with Crippen molar-refractivity contribution in [1.82, 2.24) is 4.90 Å². The molecular weight excluding hydrogens is 394 g/mol. The number of benzene rings is 2. The average Bonchev–Trinajstić information content (AvgIpc) is 2.79. The van der Waals surface area contributed by atoms with Crippen LogP contribution in [-0.2, 0) is 27.3 Å². The third kappa shape index (κ3) is 5.30.